The number of benzene rings is 1. The number of Topliss-reactive ketones (excluding diaryl/α,β-unsaturated/α-hetero) is 1. The molecule has 0 radical (unpaired) electrons. The SMILES string of the molecule is COc1ccc([C@@H]2CC(=O)N(C)C3=C2C(=O)CC(C)(C)C3)cc1. The topological polar surface area (TPSA) is 46.6 Å². The molecule has 4 nitrogen and oxygen atoms in total. The molecule has 0 aromatic heterocycles. The molecule has 1 atom stereocenters. The van der Waals surface area contributed by atoms with Gasteiger partial charge in [-0.15, -0.1) is 0 Å². The number of nitrogens with zero attached hydrogens (tertiary/aromatic N) is 1. The van der Waals surface area contributed by atoms with E-state index in [0.717, 1.165) is 29.0 Å². The van der Waals surface area contributed by atoms with Crippen molar-refractivity contribution in [2.75, 3.05) is 14.2 Å². The lowest BCUT2D eigenvalue weighted by molar-refractivity contribution is -0.130. The number of carbonyl (C=O) groups excluding carboxylic acids is 2. The Balaban J connectivity index is 2.07. The first kappa shape index (κ1) is 15.8. The Kier molecular flexibility index (Phi) is 3.78. The second-order valence-electron chi connectivity index (χ2n) is 7.28. The van der Waals surface area contributed by atoms with Gasteiger partial charge in [-0.3, -0.25) is 9.59 Å². The van der Waals surface area contributed by atoms with Crippen LogP contribution in [0.25, 0.3) is 0 Å². The molecule has 4 heteroatoms. The molecule has 1 heterocycles. The van der Waals surface area contributed by atoms with Crippen molar-refractivity contribution in [3.8, 4) is 5.75 Å². The fourth-order valence-corrected chi connectivity index (χ4v) is 3.68. The largest absolute Gasteiger partial charge is 0.497 e. The van der Waals surface area contributed by atoms with Crippen LogP contribution in [0.4, 0.5) is 0 Å². The lowest BCUT2D eigenvalue weighted by atomic mass is 9.69. The monoisotopic (exact) mass is 313 g/mol. The molecule has 0 saturated carbocycles. The standard InChI is InChI=1S/C19H23NO3/c1-19(2)10-15-18(16(21)11-19)14(9-17(22)20(15)3)12-5-7-13(23-4)8-6-12/h5-8,14H,9-11H2,1-4H3/t14-/m0/s1. The number of allylic oxidation sites excluding steroid dienone is 2. The van der Waals surface area contributed by atoms with Gasteiger partial charge in [0.05, 0.1) is 7.11 Å². The Morgan fingerprint density at radius 3 is 2.39 bits per heavy atom. The highest BCUT2D eigenvalue weighted by atomic mass is 16.5. The second-order valence-corrected chi connectivity index (χ2v) is 7.28. The van der Waals surface area contributed by atoms with E-state index in [-0.39, 0.29) is 23.0 Å². The van der Waals surface area contributed by atoms with Crippen LogP contribution in [-0.2, 0) is 9.59 Å². The van der Waals surface area contributed by atoms with Gasteiger partial charge in [-0.1, -0.05) is 26.0 Å². The molecule has 0 saturated heterocycles. The molecule has 23 heavy (non-hydrogen) atoms. The molecule has 0 fully saturated rings. The molecule has 2 aliphatic rings. The van der Waals surface area contributed by atoms with Crippen LogP contribution in [-0.4, -0.2) is 30.7 Å². The lowest BCUT2D eigenvalue weighted by Crippen LogP contribution is -2.41. The molecular formula is C19H23NO3. The van der Waals surface area contributed by atoms with E-state index in [2.05, 4.69) is 13.8 Å². The van der Waals surface area contributed by atoms with E-state index in [9.17, 15) is 9.59 Å². The van der Waals surface area contributed by atoms with Crippen LogP contribution in [0.15, 0.2) is 35.5 Å². The molecule has 0 spiro atoms. The summed E-state index contributed by atoms with van der Waals surface area (Å²) in [6, 6.07) is 7.69. The fourth-order valence-electron chi connectivity index (χ4n) is 3.68. The third-order valence-corrected chi connectivity index (χ3v) is 4.92. The molecule has 1 aromatic rings. The van der Waals surface area contributed by atoms with Crippen LogP contribution < -0.4 is 4.74 Å². The Labute approximate surface area is 137 Å². The zero-order chi connectivity index (χ0) is 16.8. The summed E-state index contributed by atoms with van der Waals surface area (Å²) in [5.74, 6) is 0.896. The van der Waals surface area contributed by atoms with E-state index in [1.54, 1.807) is 19.1 Å². The predicted molar refractivity (Wildman–Crippen MR) is 88.2 cm³/mol. The van der Waals surface area contributed by atoms with Gasteiger partial charge in [0, 0.05) is 37.1 Å². The van der Waals surface area contributed by atoms with Crippen molar-refractivity contribution in [3.63, 3.8) is 0 Å². The van der Waals surface area contributed by atoms with E-state index in [1.165, 1.54) is 0 Å². The quantitative estimate of drug-likeness (QED) is 0.842. The molecule has 0 unspecified atom stereocenters. The minimum atomic E-state index is -0.136. The molecular weight excluding hydrogens is 290 g/mol. The van der Waals surface area contributed by atoms with Gasteiger partial charge in [-0.2, -0.15) is 0 Å². The smallest absolute Gasteiger partial charge is 0.227 e. The number of methoxy groups -OCH3 is 1. The minimum absolute atomic E-state index is 0.0788. The molecule has 122 valence electrons. The summed E-state index contributed by atoms with van der Waals surface area (Å²) < 4.78 is 5.20. The summed E-state index contributed by atoms with van der Waals surface area (Å²) in [6.45, 7) is 4.17. The summed E-state index contributed by atoms with van der Waals surface area (Å²) in [6.07, 6.45) is 1.66. The number of rotatable bonds is 2. The van der Waals surface area contributed by atoms with Gasteiger partial charge in [0.25, 0.3) is 0 Å². The zero-order valence-electron chi connectivity index (χ0n) is 14.2. The summed E-state index contributed by atoms with van der Waals surface area (Å²) in [4.78, 5) is 26.9. The number of hydrogen-bond acceptors (Lipinski definition) is 3. The Morgan fingerprint density at radius 1 is 1.13 bits per heavy atom. The number of carbonyl (C=O) groups is 2. The van der Waals surface area contributed by atoms with Crippen molar-refractivity contribution in [2.45, 2.75) is 39.0 Å². The average Bonchev–Trinajstić information content (AvgIpc) is 2.50. The van der Waals surface area contributed by atoms with Crippen molar-refractivity contribution in [1.29, 1.82) is 0 Å². The maximum atomic E-state index is 12.8. The summed E-state index contributed by atoms with van der Waals surface area (Å²) >= 11 is 0. The zero-order valence-corrected chi connectivity index (χ0v) is 14.2. The molecule has 1 aliphatic heterocycles. The van der Waals surface area contributed by atoms with Gasteiger partial charge >= 0.3 is 0 Å². The van der Waals surface area contributed by atoms with E-state index in [1.807, 2.05) is 24.3 Å². The van der Waals surface area contributed by atoms with Crippen LogP contribution in [0.2, 0.25) is 0 Å². The number of ether oxygens (including phenoxy) is 1. The molecule has 1 aromatic carbocycles. The van der Waals surface area contributed by atoms with Crippen LogP contribution in [0, 0.1) is 5.41 Å². The third-order valence-electron chi connectivity index (χ3n) is 4.92. The minimum Gasteiger partial charge on any atom is -0.497 e. The van der Waals surface area contributed by atoms with Crippen LogP contribution in [0.5, 0.6) is 5.75 Å². The first-order valence-corrected chi connectivity index (χ1v) is 7.99. The highest BCUT2D eigenvalue weighted by Gasteiger charge is 2.42. The third kappa shape index (κ3) is 2.78. The van der Waals surface area contributed by atoms with E-state index in [4.69, 9.17) is 4.74 Å². The van der Waals surface area contributed by atoms with Crippen LogP contribution >= 0.6 is 0 Å². The maximum Gasteiger partial charge on any atom is 0.227 e. The van der Waals surface area contributed by atoms with Gasteiger partial charge in [0.15, 0.2) is 5.78 Å². The van der Waals surface area contributed by atoms with Gasteiger partial charge in [0.2, 0.25) is 5.91 Å². The molecule has 1 aliphatic carbocycles. The Hall–Kier alpha value is -2.10. The first-order valence-electron chi connectivity index (χ1n) is 7.99. The predicted octanol–water partition coefficient (Wildman–Crippen LogP) is 3.28. The van der Waals surface area contributed by atoms with Crippen molar-refractivity contribution in [2.24, 2.45) is 5.41 Å². The Bertz CT molecular complexity index is 685. The molecule has 0 bridgehead atoms. The number of ketones is 1. The van der Waals surface area contributed by atoms with Crippen molar-refractivity contribution in [1.82, 2.24) is 4.90 Å². The van der Waals surface area contributed by atoms with Crippen molar-refractivity contribution >= 4 is 11.7 Å². The van der Waals surface area contributed by atoms with Gasteiger partial charge in [-0.25, -0.2) is 0 Å². The first-order chi connectivity index (χ1) is 10.8. The number of hydrogen-bond donors (Lipinski definition) is 0. The highest BCUT2D eigenvalue weighted by Crippen LogP contribution is 2.46. The van der Waals surface area contributed by atoms with Gasteiger partial charge < -0.3 is 9.64 Å². The van der Waals surface area contributed by atoms with Crippen molar-refractivity contribution in [3.05, 3.63) is 41.1 Å². The fraction of sp³-hybridized carbons (Fsp3) is 0.474. The van der Waals surface area contributed by atoms with Gasteiger partial charge in [0.1, 0.15) is 5.75 Å². The molecule has 3 rings (SSSR count). The number of amides is 1. The maximum absolute atomic E-state index is 12.8. The van der Waals surface area contributed by atoms with E-state index >= 15 is 0 Å². The lowest BCUT2D eigenvalue weighted by Gasteiger charge is -2.41. The highest BCUT2D eigenvalue weighted by molar-refractivity contribution is 6.02. The summed E-state index contributed by atoms with van der Waals surface area (Å²) in [5.41, 5.74) is 2.65. The van der Waals surface area contributed by atoms with E-state index < -0.39 is 0 Å². The second kappa shape index (κ2) is 5.52. The summed E-state index contributed by atoms with van der Waals surface area (Å²) in [5, 5.41) is 0. The Morgan fingerprint density at radius 2 is 1.78 bits per heavy atom. The molecule has 0 N–H and O–H groups in total. The average molecular weight is 313 g/mol. The van der Waals surface area contributed by atoms with Crippen LogP contribution in [0.1, 0.15) is 44.6 Å². The van der Waals surface area contributed by atoms with Crippen molar-refractivity contribution < 1.29 is 14.3 Å². The summed E-state index contributed by atoms with van der Waals surface area (Å²) in [7, 11) is 3.41. The van der Waals surface area contributed by atoms with Crippen LogP contribution in [0.3, 0.4) is 0 Å². The van der Waals surface area contributed by atoms with E-state index in [0.29, 0.717) is 12.8 Å². The molecule has 1 amide bonds. The van der Waals surface area contributed by atoms with Gasteiger partial charge in [-0.05, 0) is 29.5 Å². The normalized spacial score (nSPS) is 23.8.